The summed E-state index contributed by atoms with van der Waals surface area (Å²) in [7, 11) is 1.57. The normalized spacial score (nSPS) is 21.4. The van der Waals surface area contributed by atoms with Gasteiger partial charge in [0.1, 0.15) is 30.0 Å². The van der Waals surface area contributed by atoms with Crippen LogP contribution < -0.4 is 19.5 Å². The van der Waals surface area contributed by atoms with Crippen LogP contribution in [0.1, 0.15) is 12.0 Å². The summed E-state index contributed by atoms with van der Waals surface area (Å²) in [5.41, 5.74) is -0.515. The minimum Gasteiger partial charge on any atom is -0.497 e. The van der Waals surface area contributed by atoms with Gasteiger partial charge in [-0.05, 0) is 30.3 Å². The molecule has 2 heterocycles. The second kappa shape index (κ2) is 7.63. The molecule has 4 rings (SSSR count). The zero-order valence-electron chi connectivity index (χ0n) is 16.0. The number of hydrogen-bond acceptors (Lipinski definition) is 6. The number of methoxy groups -OCH3 is 1. The molecule has 0 saturated carbocycles. The summed E-state index contributed by atoms with van der Waals surface area (Å²) in [6.45, 7) is 0.0989. The number of β-amino-alcohol motifs (C(OH)–C–C–N with tert-alkyl or cyclic N) is 1. The highest BCUT2D eigenvalue weighted by Crippen LogP contribution is 2.40. The topological polar surface area (TPSA) is 97.3 Å². The molecule has 0 unspecified atom stereocenters. The number of rotatable bonds is 6. The van der Waals surface area contributed by atoms with Crippen LogP contribution in [0.4, 0.5) is 4.79 Å². The lowest BCUT2D eigenvalue weighted by atomic mass is 9.84. The molecule has 152 valence electrons. The third-order valence-corrected chi connectivity index (χ3v) is 5.15. The summed E-state index contributed by atoms with van der Waals surface area (Å²) >= 11 is 0. The first-order chi connectivity index (χ1) is 14.0. The van der Waals surface area contributed by atoms with E-state index in [-0.39, 0.29) is 19.1 Å². The van der Waals surface area contributed by atoms with E-state index in [0.29, 0.717) is 35.8 Å². The maximum absolute atomic E-state index is 13.2. The van der Waals surface area contributed by atoms with Gasteiger partial charge in [0.25, 0.3) is 5.91 Å². The molecular weight excluding hydrogens is 376 g/mol. The molecule has 2 aromatic rings. The lowest BCUT2D eigenvalue weighted by Crippen LogP contribution is -2.48. The fourth-order valence-corrected chi connectivity index (χ4v) is 3.67. The van der Waals surface area contributed by atoms with Gasteiger partial charge in [-0.15, -0.1) is 0 Å². The number of nitrogens with zero attached hydrogens (tertiary/aromatic N) is 1. The molecule has 1 fully saturated rings. The molecule has 2 aliphatic heterocycles. The summed E-state index contributed by atoms with van der Waals surface area (Å²) in [6.07, 6.45) is -0.694. The van der Waals surface area contributed by atoms with Crippen molar-refractivity contribution in [2.24, 2.45) is 0 Å². The molecule has 2 aromatic carbocycles. The number of aliphatic hydroxyl groups is 1. The lowest BCUT2D eigenvalue weighted by Gasteiger charge is -2.33. The van der Waals surface area contributed by atoms with E-state index in [1.807, 2.05) is 6.07 Å². The van der Waals surface area contributed by atoms with Crippen molar-refractivity contribution in [1.82, 2.24) is 10.2 Å². The molecule has 1 saturated heterocycles. The Morgan fingerprint density at radius 2 is 1.90 bits per heavy atom. The number of benzene rings is 2. The van der Waals surface area contributed by atoms with Crippen molar-refractivity contribution in [3.8, 4) is 17.2 Å². The Balaban J connectivity index is 1.43. The van der Waals surface area contributed by atoms with Gasteiger partial charge in [0, 0.05) is 12.0 Å². The molecule has 0 aliphatic carbocycles. The highest BCUT2D eigenvalue weighted by molar-refractivity contribution is 6.08. The molecule has 8 nitrogen and oxygen atoms in total. The quantitative estimate of drug-likeness (QED) is 0.719. The largest absolute Gasteiger partial charge is 0.497 e. The van der Waals surface area contributed by atoms with Crippen LogP contribution in [0.3, 0.4) is 0 Å². The van der Waals surface area contributed by atoms with Gasteiger partial charge >= 0.3 is 6.03 Å². The van der Waals surface area contributed by atoms with Crippen molar-refractivity contribution in [3.63, 3.8) is 0 Å². The Hall–Kier alpha value is -3.26. The third kappa shape index (κ3) is 3.47. The SMILES string of the molecule is COc1ccc(OC[C@@H](O)CN2C(=O)N[C@@]3(CCOc4ccccc43)C2=O)cc1. The highest BCUT2D eigenvalue weighted by Gasteiger charge is 2.55. The van der Waals surface area contributed by atoms with Gasteiger partial charge in [0.2, 0.25) is 0 Å². The number of imide groups is 1. The maximum Gasteiger partial charge on any atom is 0.325 e. The van der Waals surface area contributed by atoms with Crippen LogP contribution in [-0.2, 0) is 10.3 Å². The van der Waals surface area contributed by atoms with Crippen LogP contribution in [0.5, 0.6) is 17.2 Å². The van der Waals surface area contributed by atoms with Crippen LogP contribution in [0.25, 0.3) is 0 Å². The molecule has 0 aromatic heterocycles. The number of amides is 3. The van der Waals surface area contributed by atoms with Gasteiger partial charge in [0.15, 0.2) is 5.54 Å². The third-order valence-electron chi connectivity index (χ3n) is 5.15. The van der Waals surface area contributed by atoms with Gasteiger partial charge < -0.3 is 24.6 Å². The number of urea groups is 1. The van der Waals surface area contributed by atoms with Crippen molar-refractivity contribution in [2.45, 2.75) is 18.1 Å². The van der Waals surface area contributed by atoms with E-state index in [1.165, 1.54) is 0 Å². The van der Waals surface area contributed by atoms with E-state index in [9.17, 15) is 14.7 Å². The number of nitrogens with one attached hydrogen (secondary N) is 1. The Bertz CT molecular complexity index is 916. The number of hydrogen-bond donors (Lipinski definition) is 2. The first kappa shape index (κ1) is 19.1. The Morgan fingerprint density at radius 3 is 2.66 bits per heavy atom. The van der Waals surface area contributed by atoms with Crippen molar-refractivity contribution in [2.75, 3.05) is 26.9 Å². The van der Waals surface area contributed by atoms with Crippen LogP contribution >= 0.6 is 0 Å². The molecule has 0 radical (unpaired) electrons. The predicted octanol–water partition coefficient (Wildman–Crippen LogP) is 1.66. The first-order valence-electron chi connectivity index (χ1n) is 9.35. The van der Waals surface area contributed by atoms with Crippen molar-refractivity contribution in [3.05, 3.63) is 54.1 Å². The van der Waals surface area contributed by atoms with E-state index in [2.05, 4.69) is 5.32 Å². The smallest absolute Gasteiger partial charge is 0.325 e. The van der Waals surface area contributed by atoms with Crippen molar-refractivity contribution < 1.29 is 28.9 Å². The average Bonchev–Trinajstić information content (AvgIpc) is 2.97. The number of fused-ring (bicyclic) bond motifs is 2. The van der Waals surface area contributed by atoms with Crippen LogP contribution in [0.2, 0.25) is 0 Å². The molecule has 2 aliphatic rings. The monoisotopic (exact) mass is 398 g/mol. The second-order valence-corrected chi connectivity index (χ2v) is 6.99. The van der Waals surface area contributed by atoms with Gasteiger partial charge in [-0.25, -0.2) is 4.79 Å². The average molecular weight is 398 g/mol. The standard InChI is InChI=1S/C21H22N2O6/c1-27-15-6-8-16(9-7-15)29-13-14(24)12-23-19(25)21(22-20(23)26)10-11-28-18-5-3-2-4-17(18)21/h2-9,14,24H,10-13H2,1H3,(H,22,26)/t14-,21+/m0/s1. The summed E-state index contributed by atoms with van der Waals surface area (Å²) in [5, 5.41) is 13.1. The summed E-state index contributed by atoms with van der Waals surface area (Å²) in [5.74, 6) is 1.44. The van der Waals surface area contributed by atoms with Crippen LogP contribution in [0.15, 0.2) is 48.5 Å². The van der Waals surface area contributed by atoms with Crippen molar-refractivity contribution in [1.29, 1.82) is 0 Å². The fourth-order valence-electron chi connectivity index (χ4n) is 3.67. The van der Waals surface area contributed by atoms with Crippen LogP contribution in [-0.4, -0.2) is 54.9 Å². The number of carbonyl (C=O) groups excluding carboxylic acids is 2. The Kier molecular flexibility index (Phi) is 5.02. The fraction of sp³-hybridized carbons (Fsp3) is 0.333. The zero-order valence-corrected chi connectivity index (χ0v) is 16.0. The summed E-state index contributed by atoms with van der Waals surface area (Å²) < 4.78 is 16.2. The zero-order chi connectivity index (χ0) is 20.4. The highest BCUT2D eigenvalue weighted by atomic mass is 16.5. The van der Waals surface area contributed by atoms with Gasteiger partial charge in [-0.3, -0.25) is 9.69 Å². The number of ether oxygens (including phenoxy) is 3. The summed E-state index contributed by atoms with van der Waals surface area (Å²) in [6, 6.07) is 13.5. The van der Waals surface area contributed by atoms with E-state index >= 15 is 0 Å². The number of carbonyl (C=O) groups is 2. The van der Waals surface area contributed by atoms with E-state index in [1.54, 1.807) is 49.6 Å². The first-order valence-corrected chi connectivity index (χ1v) is 9.35. The molecule has 3 amide bonds. The Labute approximate surface area is 168 Å². The molecule has 1 spiro atoms. The molecule has 2 atom stereocenters. The van der Waals surface area contributed by atoms with Gasteiger partial charge in [0.05, 0.1) is 20.3 Å². The van der Waals surface area contributed by atoms with E-state index in [4.69, 9.17) is 14.2 Å². The molecule has 0 bridgehead atoms. The minimum atomic E-state index is -1.15. The summed E-state index contributed by atoms with van der Waals surface area (Å²) in [4.78, 5) is 26.7. The maximum atomic E-state index is 13.2. The van der Waals surface area contributed by atoms with Crippen LogP contribution in [0, 0.1) is 0 Å². The van der Waals surface area contributed by atoms with E-state index in [0.717, 1.165) is 4.90 Å². The molecular formula is C21H22N2O6. The van der Waals surface area contributed by atoms with Crippen molar-refractivity contribution >= 4 is 11.9 Å². The second-order valence-electron chi connectivity index (χ2n) is 6.99. The molecule has 8 heteroatoms. The molecule has 29 heavy (non-hydrogen) atoms. The van der Waals surface area contributed by atoms with Gasteiger partial charge in [-0.1, -0.05) is 18.2 Å². The number of para-hydroxylation sites is 1. The predicted molar refractivity (Wildman–Crippen MR) is 103 cm³/mol. The Morgan fingerprint density at radius 1 is 1.17 bits per heavy atom. The van der Waals surface area contributed by atoms with Gasteiger partial charge in [-0.2, -0.15) is 0 Å². The number of aliphatic hydroxyl groups excluding tert-OH is 1. The minimum absolute atomic E-state index is 0.0594. The van der Waals surface area contributed by atoms with E-state index < -0.39 is 17.7 Å². The lowest BCUT2D eigenvalue weighted by molar-refractivity contribution is -0.133. The molecule has 2 N–H and O–H groups in total.